The van der Waals surface area contributed by atoms with E-state index in [0.717, 1.165) is 44.9 Å². The summed E-state index contributed by atoms with van der Waals surface area (Å²) in [6, 6.07) is 20.3. The van der Waals surface area contributed by atoms with E-state index in [4.69, 9.17) is 19.2 Å². The van der Waals surface area contributed by atoms with Crippen LogP contribution in [0.2, 0.25) is 0 Å². The molecule has 186 valence electrons. The number of aliphatic hydroxyl groups is 1. The fourth-order valence-electron chi connectivity index (χ4n) is 4.97. The Balaban J connectivity index is 1.56. The Morgan fingerprint density at radius 2 is 1.84 bits per heavy atom. The number of benzene rings is 2. The number of hydrogen-bond acceptors (Lipinski definition) is 8. The number of rotatable bonds is 5. The summed E-state index contributed by atoms with van der Waals surface area (Å²) < 4.78 is 11.4. The van der Waals surface area contributed by atoms with Crippen LogP contribution in [0.4, 0.5) is 5.82 Å². The average Bonchev–Trinajstić information content (AvgIpc) is 3.30. The summed E-state index contributed by atoms with van der Waals surface area (Å²) in [5.41, 5.74) is 6.25. The van der Waals surface area contributed by atoms with Crippen molar-refractivity contribution in [2.75, 3.05) is 24.7 Å². The summed E-state index contributed by atoms with van der Waals surface area (Å²) in [5, 5.41) is 14.5. The summed E-state index contributed by atoms with van der Waals surface area (Å²) in [6.45, 7) is 5.65. The lowest BCUT2D eigenvalue weighted by atomic mass is 10.0. The molecule has 0 radical (unpaired) electrons. The van der Waals surface area contributed by atoms with E-state index in [1.54, 1.807) is 12.3 Å². The minimum absolute atomic E-state index is 0.0125. The number of aryl methyl sites for hydroxylation is 2. The third-order valence-electron chi connectivity index (χ3n) is 6.83. The SMILES string of the molecule is Cc1noc(C)c1-c1ccc2nc(-c3ccc(CO)nc3)nc(N3CCOC[C@@H]3c3ccccc3)c2c1. The van der Waals surface area contributed by atoms with Gasteiger partial charge in [0.05, 0.1) is 42.8 Å². The molecule has 5 aromatic rings. The molecule has 0 spiro atoms. The van der Waals surface area contributed by atoms with Crippen molar-refractivity contribution in [2.45, 2.75) is 26.5 Å². The van der Waals surface area contributed by atoms with E-state index in [1.165, 1.54) is 5.56 Å². The summed E-state index contributed by atoms with van der Waals surface area (Å²) in [7, 11) is 0. The van der Waals surface area contributed by atoms with Gasteiger partial charge in [0.2, 0.25) is 0 Å². The average molecular weight is 494 g/mol. The summed E-state index contributed by atoms with van der Waals surface area (Å²) >= 11 is 0. The third kappa shape index (κ3) is 4.34. The van der Waals surface area contributed by atoms with E-state index in [2.05, 4.69) is 51.4 Å². The number of morpholine rings is 1. The standard InChI is InChI=1S/C29H27N5O3/c1-18-27(19(2)37-33-18)21-9-11-25-24(14-21)29(32-28(31-25)22-8-10-23(16-35)30-15-22)34-12-13-36-17-26(34)20-6-4-3-5-7-20/h3-11,14-15,26,35H,12-13,16-17H2,1-2H3/t26-/m1/s1. The number of hydrogen-bond donors (Lipinski definition) is 1. The zero-order valence-electron chi connectivity index (χ0n) is 20.8. The molecule has 0 aliphatic carbocycles. The molecule has 1 aliphatic heterocycles. The number of fused-ring (bicyclic) bond motifs is 1. The molecule has 37 heavy (non-hydrogen) atoms. The van der Waals surface area contributed by atoms with E-state index in [9.17, 15) is 5.11 Å². The van der Waals surface area contributed by atoms with Crippen LogP contribution in [0.1, 0.15) is 28.8 Å². The van der Waals surface area contributed by atoms with Gasteiger partial charge in [-0.25, -0.2) is 9.97 Å². The Hall–Kier alpha value is -4.14. The molecule has 4 heterocycles. The smallest absolute Gasteiger partial charge is 0.163 e. The first-order chi connectivity index (χ1) is 18.1. The van der Waals surface area contributed by atoms with Crippen LogP contribution in [0.5, 0.6) is 0 Å². The van der Waals surface area contributed by atoms with Gasteiger partial charge in [-0.2, -0.15) is 0 Å². The third-order valence-corrected chi connectivity index (χ3v) is 6.83. The van der Waals surface area contributed by atoms with Crippen molar-refractivity contribution in [1.82, 2.24) is 20.1 Å². The number of anilines is 1. The first-order valence-corrected chi connectivity index (χ1v) is 12.3. The number of aliphatic hydroxyl groups excluding tert-OH is 1. The maximum absolute atomic E-state index is 9.41. The van der Waals surface area contributed by atoms with E-state index < -0.39 is 0 Å². The lowest BCUT2D eigenvalue weighted by molar-refractivity contribution is 0.0939. The fraction of sp³-hybridized carbons (Fsp3) is 0.241. The molecule has 0 unspecified atom stereocenters. The van der Waals surface area contributed by atoms with Gasteiger partial charge in [0.1, 0.15) is 11.6 Å². The molecule has 0 saturated carbocycles. The topological polar surface area (TPSA) is 97.4 Å². The highest BCUT2D eigenvalue weighted by Gasteiger charge is 2.28. The van der Waals surface area contributed by atoms with Crippen molar-refractivity contribution in [3.63, 3.8) is 0 Å². The molecule has 6 rings (SSSR count). The predicted molar refractivity (Wildman–Crippen MR) is 141 cm³/mol. The zero-order chi connectivity index (χ0) is 25.4. The quantitative estimate of drug-likeness (QED) is 0.364. The Bertz CT molecular complexity index is 1530. The molecular weight excluding hydrogens is 466 g/mol. The summed E-state index contributed by atoms with van der Waals surface area (Å²) in [5.74, 6) is 2.21. The first-order valence-electron chi connectivity index (χ1n) is 12.3. The van der Waals surface area contributed by atoms with Gasteiger partial charge in [0.15, 0.2) is 5.82 Å². The van der Waals surface area contributed by atoms with Crippen LogP contribution in [0.25, 0.3) is 33.4 Å². The van der Waals surface area contributed by atoms with Crippen LogP contribution in [0, 0.1) is 13.8 Å². The van der Waals surface area contributed by atoms with Crippen molar-refractivity contribution in [2.24, 2.45) is 0 Å². The number of nitrogens with zero attached hydrogens (tertiary/aromatic N) is 5. The van der Waals surface area contributed by atoms with Crippen LogP contribution in [0.3, 0.4) is 0 Å². The van der Waals surface area contributed by atoms with Crippen LogP contribution in [-0.2, 0) is 11.3 Å². The molecule has 1 saturated heterocycles. The number of pyridine rings is 1. The fourth-order valence-corrected chi connectivity index (χ4v) is 4.97. The highest BCUT2D eigenvalue weighted by atomic mass is 16.5. The Morgan fingerprint density at radius 3 is 2.57 bits per heavy atom. The molecule has 1 fully saturated rings. The highest BCUT2D eigenvalue weighted by Crippen LogP contribution is 2.37. The van der Waals surface area contributed by atoms with Gasteiger partial charge in [-0.3, -0.25) is 4.98 Å². The Kier molecular flexibility index (Phi) is 6.12. The first kappa shape index (κ1) is 23.3. The maximum Gasteiger partial charge on any atom is 0.163 e. The summed E-state index contributed by atoms with van der Waals surface area (Å²) in [6.07, 6.45) is 1.71. The minimum atomic E-state index is -0.110. The second-order valence-electron chi connectivity index (χ2n) is 9.19. The van der Waals surface area contributed by atoms with Gasteiger partial charge in [0, 0.05) is 29.3 Å². The molecule has 8 heteroatoms. The highest BCUT2D eigenvalue weighted by molar-refractivity contribution is 5.95. The molecule has 0 bridgehead atoms. The van der Waals surface area contributed by atoms with Crippen molar-refractivity contribution in [1.29, 1.82) is 0 Å². The molecule has 1 N–H and O–H groups in total. The molecular formula is C29H27N5O3. The predicted octanol–water partition coefficient (Wildman–Crippen LogP) is 5.03. The van der Waals surface area contributed by atoms with Crippen molar-refractivity contribution >= 4 is 16.7 Å². The lowest BCUT2D eigenvalue weighted by Crippen LogP contribution is -2.40. The normalized spacial score (nSPS) is 15.9. The second-order valence-corrected chi connectivity index (χ2v) is 9.19. The zero-order valence-corrected chi connectivity index (χ0v) is 20.8. The van der Waals surface area contributed by atoms with E-state index in [0.29, 0.717) is 31.3 Å². The van der Waals surface area contributed by atoms with Gasteiger partial charge in [-0.1, -0.05) is 41.6 Å². The monoisotopic (exact) mass is 493 g/mol. The maximum atomic E-state index is 9.41. The minimum Gasteiger partial charge on any atom is -0.390 e. The van der Waals surface area contributed by atoms with Gasteiger partial charge < -0.3 is 19.3 Å². The molecule has 0 amide bonds. The molecule has 8 nitrogen and oxygen atoms in total. The number of aromatic nitrogens is 4. The Morgan fingerprint density at radius 1 is 1.00 bits per heavy atom. The molecule has 1 aliphatic rings. The van der Waals surface area contributed by atoms with Crippen LogP contribution >= 0.6 is 0 Å². The van der Waals surface area contributed by atoms with Gasteiger partial charge >= 0.3 is 0 Å². The van der Waals surface area contributed by atoms with Crippen molar-refractivity contribution in [3.8, 4) is 22.5 Å². The van der Waals surface area contributed by atoms with Gasteiger partial charge in [-0.15, -0.1) is 0 Å². The second kappa shape index (κ2) is 9.72. The van der Waals surface area contributed by atoms with E-state index >= 15 is 0 Å². The van der Waals surface area contributed by atoms with Crippen LogP contribution in [-0.4, -0.2) is 45.0 Å². The van der Waals surface area contributed by atoms with Gasteiger partial charge in [-0.05, 0) is 49.2 Å². The molecule has 2 aromatic carbocycles. The number of ether oxygens (including phenoxy) is 1. The Labute approximate surface area is 214 Å². The molecule has 3 aromatic heterocycles. The van der Waals surface area contributed by atoms with Crippen LogP contribution in [0.15, 0.2) is 71.4 Å². The van der Waals surface area contributed by atoms with Crippen molar-refractivity contribution in [3.05, 3.63) is 89.6 Å². The summed E-state index contributed by atoms with van der Waals surface area (Å²) in [4.78, 5) is 16.7. The van der Waals surface area contributed by atoms with Crippen LogP contribution < -0.4 is 4.90 Å². The molecule has 1 atom stereocenters. The van der Waals surface area contributed by atoms with E-state index in [1.807, 2.05) is 32.0 Å². The van der Waals surface area contributed by atoms with Crippen molar-refractivity contribution < 1.29 is 14.4 Å². The van der Waals surface area contributed by atoms with Gasteiger partial charge in [0.25, 0.3) is 0 Å². The van der Waals surface area contributed by atoms with E-state index in [-0.39, 0.29) is 12.6 Å². The lowest BCUT2D eigenvalue weighted by Gasteiger charge is -2.37. The largest absolute Gasteiger partial charge is 0.390 e.